The van der Waals surface area contributed by atoms with Gasteiger partial charge in [-0.25, -0.2) is 0 Å². The molecule has 4 saturated carbocycles. The molecule has 0 spiro atoms. The summed E-state index contributed by atoms with van der Waals surface area (Å²) in [5.74, 6) is 6.86. The first kappa shape index (κ1) is 21.0. The maximum Gasteiger partial charge on any atom is -0.0260 e. The number of allylic oxidation sites excluding steroid dienone is 1. The van der Waals surface area contributed by atoms with E-state index in [0.29, 0.717) is 10.8 Å². The van der Waals surface area contributed by atoms with Crippen molar-refractivity contribution in [2.24, 2.45) is 52.3 Å². The van der Waals surface area contributed by atoms with Crippen LogP contribution < -0.4 is 0 Å². The SMILES string of the molecule is C=C1CC[C@@]2(C)[C@@H](CC[C@@H]3[C@H]2CC[C@]2(C)[C@@H]3CC[C@H]2[C@H](C)CCCC(C)C)C1. The second kappa shape index (κ2) is 7.77. The Bertz CT molecular complexity index is 573. The molecule has 4 rings (SSSR count). The van der Waals surface area contributed by atoms with Gasteiger partial charge < -0.3 is 0 Å². The summed E-state index contributed by atoms with van der Waals surface area (Å²) in [6, 6.07) is 0. The van der Waals surface area contributed by atoms with E-state index in [1.165, 1.54) is 70.6 Å². The van der Waals surface area contributed by atoms with Crippen molar-refractivity contribution < 1.29 is 0 Å². The molecule has 160 valence electrons. The van der Waals surface area contributed by atoms with Crippen molar-refractivity contribution >= 4 is 0 Å². The lowest BCUT2D eigenvalue weighted by molar-refractivity contribution is -0.109. The highest BCUT2D eigenvalue weighted by atomic mass is 14.6. The van der Waals surface area contributed by atoms with Gasteiger partial charge in [0, 0.05) is 0 Å². The summed E-state index contributed by atoms with van der Waals surface area (Å²) in [6.45, 7) is 17.2. The van der Waals surface area contributed by atoms with Crippen LogP contribution in [0.15, 0.2) is 12.2 Å². The molecule has 0 heteroatoms. The zero-order valence-electron chi connectivity index (χ0n) is 19.7. The van der Waals surface area contributed by atoms with Crippen LogP contribution in [0, 0.1) is 52.3 Å². The van der Waals surface area contributed by atoms with Crippen molar-refractivity contribution in [3.8, 4) is 0 Å². The highest BCUT2D eigenvalue weighted by Gasteiger charge is 2.60. The number of hydrogen-bond donors (Lipinski definition) is 0. The highest BCUT2D eigenvalue weighted by Crippen LogP contribution is 2.68. The van der Waals surface area contributed by atoms with E-state index in [2.05, 4.69) is 41.2 Å². The molecule has 0 amide bonds. The van der Waals surface area contributed by atoms with Gasteiger partial charge in [-0.2, -0.15) is 0 Å². The standard InChI is InChI=1S/C28H48/c1-19(2)8-7-9-21(4)24-12-13-25-23-11-10-22-18-20(3)14-16-27(22,5)26(23)15-17-28(24,25)6/h19,21-26H,3,7-18H2,1-2,4-6H3/t21-,22+,23+,24+,25-,26-,27+,28+/m1/s1. The fourth-order valence-electron chi connectivity index (χ4n) is 9.18. The van der Waals surface area contributed by atoms with E-state index in [0.717, 1.165) is 41.4 Å². The van der Waals surface area contributed by atoms with Crippen LogP contribution >= 0.6 is 0 Å². The quantitative estimate of drug-likeness (QED) is 0.416. The Labute approximate surface area is 176 Å². The Kier molecular flexibility index (Phi) is 5.83. The van der Waals surface area contributed by atoms with E-state index in [1.54, 1.807) is 12.0 Å². The van der Waals surface area contributed by atoms with Gasteiger partial charge >= 0.3 is 0 Å². The minimum absolute atomic E-state index is 0.631. The molecule has 0 radical (unpaired) electrons. The molecule has 0 heterocycles. The van der Waals surface area contributed by atoms with E-state index >= 15 is 0 Å². The second-order valence-corrected chi connectivity index (χ2v) is 12.6. The van der Waals surface area contributed by atoms with Crippen LogP contribution in [-0.4, -0.2) is 0 Å². The van der Waals surface area contributed by atoms with Crippen molar-refractivity contribution in [1.82, 2.24) is 0 Å². The zero-order valence-corrected chi connectivity index (χ0v) is 19.7. The molecular weight excluding hydrogens is 336 g/mol. The van der Waals surface area contributed by atoms with Gasteiger partial charge in [-0.15, -0.1) is 0 Å². The third-order valence-corrected chi connectivity index (χ3v) is 10.8. The van der Waals surface area contributed by atoms with Gasteiger partial charge in [-0.3, -0.25) is 0 Å². The summed E-state index contributed by atoms with van der Waals surface area (Å²) in [4.78, 5) is 0. The lowest BCUT2D eigenvalue weighted by Crippen LogP contribution is -2.53. The summed E-state index contributed by atoms with van der Waals surface area (Å²) in [7, 11) is 0. The van der Waals surface area contributed by atoms with Gasteiger partial charge in [-0.1, -0.05) is 66.0 Å². The molecule has 0 saturated heterocycles. The molecule has 4 aliphatic carbocycles. The predicted molar refractivity (Wildman–Crippen MR) is 122 cm³/mol. The normalized spacial score (nSPS) is 46.8. The zero-order chi connectivity index (χ0) is 20.1. The summed E-state index contributed by atoms with van der Waals surface area (Å²) in [5, 5.41) is 0. The first-order valence-corrected chi connectivity index (χ1v) is 12.9. The van der Waals surface area contributed by atoms with Gasteiger partial charge in [0.25, 0.3) is 0 Å². The van der Waals surface area contributed by atoms with Crippen LogP contribution in [0.4, 0.5) is 0 Å². The minimum atomic E-state index is 0.631. The van der Waals surface area contributed by atoms with Crippen LogP contribution in [0.1, 0.15) is 112 Å². The van der Waals surface area contributed by atoms with Gasteiger partial charge in [0.2, 0.25) is 0 Å². The largest absolute Gasteiger partial charge is 0.0999 e. The maximum atomic E-state index is 4.37. The Morgan fingerprint density at radius 2 is 1.64 bits per heavy atom. The van der Waals surface area contributed by atoms with Crippen LogP contribution in [0.25, 0.3) is 0 Å². The molecule has 0 aromatic carbocycles. The smallest absolute Gasteiger partial charge is 0.0260 e. The fourth-order valence-corrected chi connectivity index (χ4v) is 9.18. The molecule has 0 nitrogen and oxygen atoms in total. The van der Waals surface area contributed by atoms with Crippen molar-refractivity contribution in [3.05, 3.63) is 12.2 Å². The molecular formula is C28H48. The van der Waals surface area contributed by atoms with Crippen LogP contribution in [0.5, 0.6) is 0 Å². The maximum absolute atomic E-state index is 4.37. The number of fused-ring (bicyclic) bond motifs is 5. The molecule has 0 aromatic rings. The summed E-state index contributed by atoms with van der Waals surface area (Å²) >= 11 is 0. The molecule has 8 atom stereocenters. The van der Waals surface area contributed by atoms with Crippen molar-refractivity contribution in [3.63, 3.8) is 0 Å². The Balaban J connectivity index is 1.47. The van der Waals surface area contributed by atoms with Gasteiger partial charge in [0.05, 0.1) is 0 Å². The first-order chi connectivity index (χ1) is 13.3. The monoisotopic (exact) mass is 384 g/mol. The predicted octanol–water partition coefficient (Wildman–Crippen LogP) is 8.66. The molecule has 4 aliphatic rings. The second-order valence-electron chi connectivity index (χ2n) is 12.6. The fraction of sp³-hybridized carbons (Fsp3) is 0.929. The third kappa shape index (κ3) is 3.43. The molecule has 0 aromatic heterocycles. The van der Waals surface area contributed by atoms with Crippen LogP contribution in [-0.2, 0) is 0 Å². The average Bonchev–Trinajstić information content (AvgIpc) is 2.99. The van der Waals surface area contributed by atoms with Gasteiger partial charge in [-0.05, 0) is 110 Å². The number of rotatable bonds is 5. The number of hydrogen-bond acceptors (Lipinski definition) is 0. The Morgan fingerprint density at radius 3 is 2.39 bits per heavy atom. The van der Waals surface area contributed by atoms with E-state index in [4.69, 9.17) is 0 Å². The van der Waals surface area contributed by atoms with Gasteiger partial charge in [0.1, 0.15) is 0 Å². The molecule has 0 N–H and O–H groups in total. The lowest BCUT2D eigenvalue weighted by Gasteiger charge is -2.61. The van der Waals surface area contributed by atoms with Gasteiger partial charge in [0.15, 0.2) is 0 Å². The molecule has 28 heavy (non-hydrogen) atoms. The van der Waals surface area contributed by atoms with Crippen molar-refractivity contribution in [2.45, 2.75) is 112 Å². The summed E-state index contributed by atoms with van der Waals surface area (Å²) in [6.07, 6.45) is 17.6. The molecule has 0 unspecified atom stereocenters. The Morgan fingerprint density at radius 1 is 0.893 bits per heavy atom. The molecule has 4 fully saturated rings. The van der Waals surface area contributed by atoms with E-state index in [-0.39, 0.29) is 0 Å². The molecule has 0 bridgehead atoms. The van der Waals surface area contributed by atoms with Crippen molar-refractivity contribution in [1.29, 1.82) is 0 Å². The molecule has 0 aliphatic heterocycles. The summed E-state index contributed by atoms with van der Waals surface area (Å²) < 4.78 is 0. The van der Waals surface area contributed by atoms with Crippen molar-refractivity contribution in [2.75, 3.05) is 0 Å². The van der Waals surface area contributed by atoms with E-state index in [9.17, 15) is 0 Å². The minimum Gasteiger partial charge on any atom is -0.0999 e. The Hall–Kier alpha value is -0.260. The topological polar surface area (TPSA) is 0 Å². The van der Waals surface area contributed by atoms with E-state index in [1.807, 2.05) is 0 Å². The van der Waals surface area contributed by atoms with Crippen LogP contribution in [0.3, 0.4) is 0 Å². The average molecular weight is 385 g/mol. The lowest BCUT2D eigenvalue weighted by atomic mass is 9.44. The first-order valence-electron chi connectivity index (χ1n) is 12.9. The van der Waals surface area contributed by atoms with E-state index < -0.39 is 0 Å². The summed E-state index contributed by atoms with van der Waals surface area (Å²) in [5.41, 5.74) is 2.84. The highest BCUT2D eigenvalue weighted by molar-refractivity contribution is 5.13. The third-order valence-electron chi connectivity index (χ3n) is 10.8. The van der Waals surface area contributed by atoms with Crippen LogP contribution in [0.2, 0.25) is 0 Å².